The van der Waals surface area contributed by atoms with E-state index in [1.165, 1.54) is 0 Å². The van der Waals surface area contributed by atoms with E-state index in [-0.39, 0.29) is 35.7 Å². The molecule has 12 heteroatoms. The first-order chi connectivity index (χ1) is 18.6. The molecule has 38 heavy (non-hydrogen) atoms. The van der Waals surface area contributed by atoms with Crippen LogP contribution in [0, 0.1) is 0 Å². The summed E-state index contributed by atoms with van der Waals surface area (Å²) in [4.78, 5) is 28.6. The van der Waals surface area contributed by atoms with Crippen molar-refractivity contribution in [3.8, 4) is 11.8 Å². The highest BCUT2D eigenvalue weighted by atomic mass is 16.5. The predicted molar refractivity (Wildman–Crippen MR) is 138 cm³/mol. The van der Waals surface area contributed by atoms with E-state index < -0.39 is 6.10 Å². The van der Waals surface area contributed by atoms with E-state index in [0.29, 0.717) is 18.8 Å². The normalized spacial score (nSPS) is 23.8. The van der Waals surface area contributed by atoms with E-state index in [0.717, 1.165) is 74.3 Å². The molecule has 0 bridgehead atoms. The summed E-state index contributed by atoms with van der Waals surface area (Å²) >= 11 is 0. The van der Waals surface area contributed by atoms with Gasteiger partial charge in [0.15, 0.2) is 5.65 Å². The second-order valence-corrected chi connectivity index (χ2v) is 10.2. The zero-order chi connectivity index (χ0) is 26.1. The van der Waals surface area contributed by atoms with Crippen LogP contribution < -0.4 is 19.7 Å². The maximum atomic E-state index is 13.0. The number of hydrogen-bond donors (Lipinski definition) is 3. The maximum Gasteiger partial charge on any atom is 0.319 e. The van der Waals surface area contributed by atoms with Gasteiger partial charge in [-0.3, -0.25) is 9.89 Å². The Labute approximate surface area is 220 Å². The van der Waals surface area contributed by atoms with Crippen molar-refractivity contribution in [3.05, 3.63) is 29.7 Å². The Hall–Kier alpha value is -3.51. The molecule has 1 amide bonds. The SMILES string of the molecule is COc1ccnc2[nH]nc(C3CCN(c4cc(C(=O)N[C@@H]5CC[C@@H]5O)nc(OC[C@@H]5CCCO5)n4)CC3)c12. The van der Waals surface area contributed by atoms with Crippen LogP contribution in [-0.4, -0.2) is 87.8 Å². The number of piperidine rings is 1. The molecule has 3 N–H and O–H groups in total. The zero-order valence-corrected chi connectivity index (χ0v) is 21.4. The Kier molecular flexibility index (Phi) is 6.98. The number of aliphatic hydroxyl groups is 1. The smallest absolute Gasteiger partial charge is 0.319 e. The molecular weight excluding hydrogens is 490 g/mol. The van der Waals surface area contributed by atoms with Gasteiger partial charge >= 0.3 is 6.01 Å². The first-order valence-electron chi connectivity index (χ1n) is 13.3. The van der Waals surface area contributed by atoms with Crippen LogP contribution >= 0.6 is 0 Å². The number of aromatic amines is 1. The van der Waals surface area contributed by atoms with Gasteiger partial charge in [0.25, 0.3) is 5.91 Å². The molecule has 2 aliphatic heterocycles. The van der Waals surface area contributed by atoms with Crippen LogP contribution in [0.5, 0.6) is 11.8 Å². The number of nitrogens with one attached hydrogen (secondary N) is 2. The number of hydrogen-bond acceptors (Lipinski definition) is 10. The molecule has 3 fully saturated rings. The number of aromatic nitrogens is 5. The first kappa shape index (κ1) is 24.8. The van der Waals surface area contributed by atoms with Crippen molar-refractivity contribution in [1.29, 1.82) is 0 Å². The van der Waals surface area contributed by atoms with Crippen LogP contribution in [0.3, 0.4) is 0 Å². The van der Waals surface area contributed by atoms with E-state index >= 15 is 0 Å². The Balaban J connectivity index is 1.19. The number of methoxy groups -OCH3 is 1. The number of ether oxygens (including phenoxy) is 3. The summed E-state index contributed by atoms with van der Waals surface area (Å²) in [5.41, 5.74) is 1.91. The van der Waals surface area contributed by atoms with Crippen LogP contribution in [0.4, 0.5) is 5.82 Å². The third-order valence-electron chi connectivity index (χ3n) is 7.78. The van der Waals surface area contributed by atoms with Crippen LogP contribution in [0.2, 0.25) is 0 Å². The second kappa shape index (κ2) is 10.7. The van der Waals surface area contributed by atoms with Crippen molar-refractivity contribution < 1.29 is 24.1 Å². The van der Waals surface area contributed by atoms with Crippen LogP contribution in [-0.2, 0) is 4.74 Å². The van der Waals surface area contributed by atoms with E-state index in [1.54, 1.807) is 19.4 Å². The number of carbonyl (C=O) groups is 1. The number of fused-ring (bicyclic) bond motifs is 1. The third-order valence-corrected chi connectivity index (χ3v) is 7.78. The van der Waals surface area contributed by atoms with Crippen molar-refractivity contribution in [2.24, 2.45) is 0 Å². The minimum atomic E-state index is -0.513. The molecule has 0 unspecified atom stereocenters. The number of rotatable bonds is 8. The zero-order valence-electron chi connectivity index (χ0n) is 21.4. The molecule has 202 valence electrons. The summed E-state index contributed by atoms with van der Waals surface area (Å²) in [5, 5.41) is 21.3. The molecule has 6 rings (SSSR count). The minimum Gasteiger partial charge on any atom is -0.496 e. The monoisotopic (exact) mass is 523 g/mol. The van der Waals surface area contributed by atoms with Crippen LogP contribution in [0.25, 0.3) is 11.0 Å². The summed E-state index contributed by atoms with van der Waals surface area (Å²) in [6, 6.07) is 3.47. The molecule has 1 aliphatic carbocycles. The molecule has 0 radical (unpaired) electrons. The Morgan fingerprint density at radius 2 is 2.11 bits per heavy atom. The van der Waals surface area contributed by atoms with Gasteiger partial charge in [0.05, 0.1) is 36.4 Å². The van der Waals surface area contributed by atoms with Gasteiger partial charge in [-0.05, 0) is 44.6 Å². The molecule has 3 aromatic heterocycles. The topological polar surface area (TPSA) is 148 Å². The number of nitrogens with zero attached hydrogens (tertiary/aromatic N) is 5. The summed E-state index contributed by atoms with van der Waals surface area (Å²) in [5.74, 6) is 1.30. The third kappa shape index (κ3) is 4.97. The highest BCUT2D eigenvalue weighted by Crippen LogP contribution is 2.36. The largest absolute Gasteiger partial charge is 0.496 e. The lowest BCUT2D eigenvalue weighted by atomic mass is 9.89. The maximum absolute atomic E-state index is 13.0. The summed E-state index contributed by atoms with van der Waals surface area (Å²) in [6.07, 6.45) is 6.29. The van der Waals surface area contributed by atoms with Crippen molar-refractivity contribution in [2.45, 2.75) is 62.7 Å². The van der Waals surface area contributed by atoms with Crippen LogP contribution in [0.15, 0.2) is 18.3 Å². The number of amides is 1. The van der Waals surface area contributed by atoms with Gasteiger partial charge in [0.2, 0.25) is 0 Å². The summed E-state index contributed by atoms with van der Waals surface area (Å²) < 4.78 is 17.1. The van der Waals surface area contributed by atoms with Crippen molar-refractivity contribution in [3.63, 3.8) is 0 Å². The van der Waals surface area contributed by atoms with Gasteiger partial charge in [-0.15, -0.1) is 0 Å². The van der Waals surface area contributed by atoms with Gasteiger partial charge in [0.1, 0.15) is 23.9 Å². The molecule has 5 heterocycles. The Bertz CT molecular complexity index is 1290. The van der Waals surface area contributed by atoms with E-state index in [1.807, 2.05) is 6.07 Å². The average Bonchev–Trinajstić information content (AvgIpc) is 3.64. The second-order valence-electron chi connectivity index (χ2n) is 10.2. The highest BCUT2D eigenvalue weighted by molar-refractivity contribution is 5.93. The quantitative estimate of drug-likeness (QED) is 0.400. The molecular formula is C26H33N7O5. The molecule has 0 aromatic carbocycles. The Morgan fingerprint density at radius 1 is 1.24 bits per heavy atom. The lowest BCUT2D eigenvalue weighted by Gasteiger charge is -2.33. The van der Waals surface area contributed by atoms with E-state index in [4.69, 9.17) is 14.2 Å². The number of carbonyl (C=O) groups excluding carboxylic acids is 1. The summed E-state index contributed by atoms with van der Waals surface area (Å²) in [7, 11) is 1.65. The fourth-order valence-electron chi connectivity index (χ4n) is 5.39. The number of aliphatic hydroxyl groups excluding tert-OH is 1. The van der Waals surface area contributed by atoms with Gasteiger partial charge in [-0.2, -0.15) is 15.1 Å². The highest BCUT2D eigenvalue weighted by Gasteiger charge is 2.32. The fraction of sp³-hybridized carbons (Fsp3) is 0.577. The van der Waals surface area contributed by atoms with Crippen LogP contribution in [0.1, 0.15) is 60.6 Å². The van der Waals surface area contributed by atoms with Gasteiger partial charge < -0.3 is 29.5 Å². The number of pyridine rings is 1. The molecule has 3 aromatic rings. The summed E-state index contributed by atoms with van der Waals surface area (Å²) in [6.45, 7) is 2.53. The molecule has 3 atom stereocenters. The molecule has 12 nitrogen and oxygen atoms in total. The van der Waals surface area contributed by atoms with Crippen molar-refractivity contribution >= 4 is 22.8 Å². The number of H-pyrrole nitrogens is 1. The van der Waals surface area contributed by atoms with Gasteiger partial charge in [-0.1, -0.05) is 0 Å². The Morgan fingerprint density at radius 3 is 2.82 bits per heavy atom. The standard InChI is InChI=1S/C26H33N7O5/c1-36-20-6-9-27-24-22(20)23(31-32-24)15-7-10-33(11-8-15)21-13-18(25(35)28-17-4-5-19(17)34)29-26(30-21)38-14-16-3-2-12-37-16/h6,9,13,15-17,19,34H,2-5,7-8,10-12,14H2,1H3,(H,28,35)(H,27,31,32)/t16-,17+,19-/m0/s1. The average molecular weight is 524 g/mol. The van der Waals surface area contributed by atoms with Gasteiger partial charge in [-0.25, -0.2) is 4.98 Å². The van der Waals surface area contributed by atoms with Crippen molar-refractivity contribution in [1.82, 2.24) is 30.5 Å². The molecule has 0 spiro atoms. The molecule has 1 saturated carbocycles. The van der Waals surface area contributed by atoms with E-state index in [9.17, 15) is 9.90 Å². The fourth-order valence-corrected chi connectivity index (χ4v) is 5.39. The van der Waals surface area contributed by atoms with Crippen molar-refractivity contribution in [2.75, 3.05) is 38.3 Å². The minimum absolute atomic E-state index is 0.00977. The predicted octanol–water partition coefficient (Wildman–Crippen LogP) is 1.95. The van der Waals surface area contributed by atoms with Gasteiger partial charge in [0, 0.05) is 37.9 Å². The lowest BCUT2D eigenvalue weighted by molar-refractivity contribution is 0.0444. The molecule has 3 aliphatic rings. The lowest BCUT2D eigenvalue weighted by Crippen LogP contribution is -2.50. The van der Waals surface area contributed by atoms with E-state index in [2.05, 4.69) is 35.4 Å². The number of anilines is 1. The molecule has 2 saturated heterocycles. The first-order valence-corrected chi connectivity index (χ1v) is 13.3.